The summed E-state index contributed by atoms with van der Waals surface area (Å²) in [5, 5.41) is 11.9. The van der Waals surface area contributed by atoms with E-state index in [2.05, 4.69) is 10.2 Å². The van der Waals surface area contributed by atoms with Crippen LogP contribution in [0.5, 0.6) is 5.75 Å². The molecule has 1 aromatic carbocycles. The average Bonchev–Trinajstić information content (AvgIpc) is 2.65. The molecule has 0 aromatic heterocycles. The molecule has 1 atom stereocenters. The van der Waals surface area contributed by atoms with Gasteiger partial charge >= 0.3 is 5.97 Å². The van der Waals surface area contributed by atoms with E-state index in [-0.39, 0.29) is 24.5 Å². The van der Waals surface area contributed by atoms with Crippen molar-refractivity contribution in [2.75, 3.05) is 33.8 Å². The second kappa shape index (κ2) is 9.54. The number of likely N-dealkylation sites (N-methyl/N-ethyl adjacent to an activating group) is 1. The van der Waals surface area contributed by atoms with E-state index >= 15 is 0 Å². The van der Waals surface area contributed by atoms with E-state index in [0.29, 0.717) is 6.54 Å². The molecule has 1 saturated heterocycles. The predicted octanol–water partition coefficient (Wildman–Crippen LogP) is 1.18. The highest BCUT2D eigenvalue weighted by Crippen LogP contribution is 2.19. The van der Waals surface area contributed by atoms with Crippen molar-refractivity contribution >= 4 is 11.9 Å². The molecule has 0 bridgehead atoms. The zero-order chi connectivity index (χ0) is 19.1. The number of ether oxygens (including phenoxy) is 1. The number of carboxylic acids is 1. The monoisotopic (exact) mass is 363 g/mol. The molecule has 1 aliphatic heterocycles. The van der Waals surface area contributed by atoms with Crippen LogP contribution in [0, 0.1) is 0 Å². The first-order valence-corrected chi connectivity index (χ1v) is 8.98. The van der Waals surface area contributed by atoms with Crippen LogP contribution in [0.25, 0.3) is 0 Å². The zero-order valence-corrected chi connectivity index (χ0v) is 15.8. The Morgan fingerprint density at radius 3 is 2.62 bits per heavy atom. The number of nitrogens with zero attached hydrogens (tertiary/aromatic N) is 2. The maximum atomic E-state index is 12.5. The molecule has 1 amide bonds. The number of piperidine rings is 1. The van der Waals surface area contributed by atoms with Gasteiger partial charge in [-0.1, -0.05) is 18.2 Å². The average molecular weight is 363 g/mol. The maximum absolute atomic E-state index is 12.5. The molecule has 7 heteroatoms. The molecule has 1 aromatic rings. The van der Waals surface area contributed by atoms with Gasteiger partial charge in [-0.05, 0) is 32.9 Å². The summed E-state index contributed by atoms with van der Waals surface area (Å²) >= 11 is 0. The summed E-state index contributed by atoms with van der Waals surface area (Å²) in [7, 11) is 3.46. The predicted molar refractivity (Wildman–Crippen MR) is 99.2 cm³/mol. The number of benzene rings is 1. The summed E-state index contributed by atoms with van der Waals surface area (Å²) in [5.74, 6) is -0.0463. The topological polar surface area (TPSA) is 82.1 Å². The molecule has 0 saturated carbocycles. The van der Waals surface area contributed by atoms with Gasteiger partial charge in [-0.15, -0.1) is 0 Å². The van der Waals surface area contributed by atoms with E-state index in [9.17, 15) is 9.59 Å². The number of methoxy groups -OCH3 is 1. The number of likely N-dealkylation sites (tertiary alicyclic amines) is 1. The molecule has 7 nitrogen and oxygen atoms in total. The smallest absolute Gasteiger partial charge is 0.317 e. The Labute approximate surface area is 154 Å². The highest BCUT2D eigenvalue weighted by molar-refractivity contribution is 5.81. The lowest BCUT2D eigenvalue weighted by Gasteiger charge is -2.38. The van der Waals surface area contributed by atoms with Gasteiger partial charge in [-0.3, -0.25) is 19.4 Å². The van der Waals surface area contributed by atoms with Crippen LogP contribution in [0.2, 0.25) is 0 Å². The molecule has 2 rings (SSSR count). The molecule has 2 N–H and O–H groups in total. The van der Waals surface area contributed by atoms with Crippen LogP contribution in [0.4, 0.5) is 0 Å². The van der Waals surface area contributed by atoms with Gasteiger partial charge in [0.05, 0.1) is 19.7 Å². The van der Waals surface area contributed by atoms with Gasteiger partial charge in [0.25, 0.3) is 0 Å². The lowest BCUT2D eigenvalue weighted by Crippen LogP contribution is -2.51. The SMILES string of the molecule is COc1ccccc1CNC(=O)C(C)N1CCC(N(C)CC(=O)O)CC1. The summed E-state index contributed by atoms with van der Waals surface area (Å²) in [6.45, 7) is 3.99. The molecule has 144 valence electrons. The molecule has 1 fully saturated rings. The number of carbonyl (C=O) groups is 2. The van der Waals surface area contributed by atoms with Crippen molar-refractivity contribution in [1.29, 1.82) is 0 Å². The standard InChI is InChI=1S/C19H29N3O4/c1-14(19(25)20-12-15-6-4-5-7-17(15)26-3)22-10-8-16(9-11-22)21(2)13-18(23)24/h4-7,14,16H,8-13H2,1-3H3,(H,20,25)(H,23,24). The molecule has 1 heterocycles. The summed E-state index contributed by atoms with van der Waals surface area (Å²) in [6, 6.07) is 7.68. The molecule has 26 heavy (non-hydrogen) atoms. The Morgan fingerprint density at radius 2 is 2.00 bits per heavy atom. The van der Waals surface area contributed by atoms with Gasteiger partial charge in [-0.25, -0.2) is 0 Å². The van der Waals surface area contributed by atoms with E-state index in [4.69, 9.17) is 9.84 Å². The lowest BCUT2D eigenvalue weighted by molar-refractivity contribution is -0.138. The number of carboxylic acid groups (broad SMARTS) is 1. The minimum atomic E-state index is -0.806. The van der Waals surface area contributed by atoms with Gasteiger partial charge in [-0.2, -0.15) is 0 Å². The quantitative estimate of drug-likeness (QED) is 0.722. The van der Waals surface area contributed by atoms with Crippen LogP contribution in [-0.4, -0.2) is 72.7 Å². The first kappa shape index (κ1) is 20.2. The van der Waals surface area contributed by atoms with Gasteiger partial charge in [0.15, 0.2) is 0 Å². The second-order valence-corrected chi connectivity index (χ2v) is 6.78. The number of para-hydroxylation sites is 1. The maximum Gasteiger partial charge on any atom is 0.317 e. The molecule has 1 aliphatic rings. The van der Waals surface area contributed by atoms with Crippen LogP contribution >= 0.6 is 0 Å². The first-order chi connectivity index (χ1) is 12.4. The van der Waals surface area contributed by atoms with E-state index in [1.165, 1.54) is 0 Å². The van der Waals surface area contributed by atoms with Crippen LogP contribution in [0.1, 0.15) is 25.3 Å². The summed E-state index contributed by atoms with van der Waals surface area (Å²) in [5.41, 5.74) is 0.949. The van der Waals surface area contributed by atoms with Gasteiger partial charge in [0.1, 0.15) is 5.75 Å². The number of hydrogen-bond donors (Lipinski definition) is 2. The fourth-order valence-electron chi connectivity index (χ4n) is 3.40. The number of aliphatic carboxylic acids is 1. The summed E-state index contributed by atoms with van der Waals surface area (Å²) in [4.78, 5) is 27.4. The van der Waals surface area contributed by atoms with Crippen LogP contribution < -0.4 is 10.1 Å². The van der Waals surface area contributed by atoms with Crippen LogP contribution in [-0.2, 0) is 16.1 Å². The second-order valence-electron chi connectivity index (χ2n) is 6.78. The third-order valence-corrected chi connectivity index (χ3v) is 5.08. The molecule has 0 spiro atoms. The Bertz CT molecular complexity index is 615. The molecule has 0 aliphatic carbocycles. The normalized spacial score (nSPS) is 17.1. The van der Waals surface area contributed by atoms with E-state index in [1.54, 1.807) is 7.11 Å². The minimum Gasteiger partial charge on any atom is -0.496 e. The molecular formula is C19H29N3O4. The summed E-state index contributed by atoms with van der Waals surface area (Å²) in [6.07, 6.45) is 1.74. The minimum absolute atomic E-state index is 0.00625. The number of rotatable bonds is 8. The Morgan fingerprint density at radius 1 is 1.35 bits per heavy atom. The van der Waals surface area contributed by atoms with Crippen molar-refractivity contribution in [3.63, 3.8) is 0 Å². The number of carbonyl (C=O) groups excluding carboxylic acids is 1. The first-order valence-electron chi connectivity index (χ1n) is 8.98. The molecule has 1 unspecified atom stereocenters. The van der Waals surface area contributed by atoms with Crippen molar-refractivity contribution in [3.8, 4) is 5.75 Å². The van der Waals surface area contributed by atoms with E-state index < -0.39 is 5.97 Å². The largest absolute Gasteiger partial charge is 0.496 e. The Hall–Kier alpha value is -2.12. The third-order valence-electron chi connectivity index (χ3n) is 5.08. The highest BCUT2D eigenvalue weighted by atomic mass is 16.5. The number of amides is 1. The molecular weight excluding hydrogens is 334 g/mol. The Balaban J connectivity index is 1.81. The van der Waals surface area contributed by atoms with Crippen molar-refractivity contribution in [3.05, 3.63) is 29.8 Å². The molecule has 0 radical (unpaired) electrons. The van der Waals surface area contributed by atoms with Gasteiger partial charge in [0.2, 0.25) is 5.91 Å². The lowest BCUT2D eigenvalue weighted by atomic mass is 10.0. The van der Waals surface area contributed by atoms with Crippen LogP contribution in [0.15, 0.2) is 24.3 Å². The van der Waals surface area contributed by atoms with Crippen molar-refractivity contribution < 1.29 is 19.4 Å². The summed E-state index contributed by atoms with van der Waals surface area (Å²) < 4.78 is 5.31. The van der Waals surface area contributed by atoms with Crippen molar-refractivity contribution in [2.45, 2.75) is 38.4 Å². The Kier molecular flexibility index (Phi) is 7.41. The number of hydrogen-bond acceptors (Lipinski definition) is 5. The van der Waals surface area contributed by atoms with Gasteiger partial charge < -0.3 is 15.2 Å². The van der Waals surface area contributed by atoms with Gasteiger partial charge in [0, 0.05) is 31.2 Å². The van der Waals surface area contributed by atoms with E-state index in [1.807, 2.05) is 43.1 Å². The van der Waals surface area contributed by atoms with Crippen LogP contribution in [0.3, 0.4) is 0 Å². The fraction of sp³-hybridized carbons (Fsp3) is 0.579. The van der Waals surface area contributed by atoms with E-state index in [0.717, 1.165) is 37.2 Å². The number of nitrogens with one attached hydrogen (secondary N) is 1. The van der Waals surface area contributed by atoms with Crippen molar-refractivity contribution in [2.24, 2.45) is 0 Å². The zero-order valence-electron chi connectivity index (χ0n) is 15.8. The van der Waals surface area contributed by atoms with Crippen molar-refractivity contribution in [1.82, 2.24) is 15.1 Å². The fourth-order valence-corrected chi connectivity index (χ4v) is 3.40. The highest BCUT2D eigenvalue weighted by Gasteiger charge is 2.28. The third kappa shape index (κ3) is 5.44.